The van der Waals surface area contributed by atoms with Crippen LogP contribution in [0.25, 0.3) is 180 Å². The van der Waals surface area contributed by atoms with Crippen molar-refractivity contribution < 1.29 is 45.7 Å². The molecule has 0 N–H and O–H groups in total. The monoisotopic (exact) mass is 1960 g/mol. The van der Waals surface area contributed by atoms with Crippen molar-refractivity contribution in [2.45, 2.75) is 93.4 Å². The van der Waals surface area contributed by atoms with E-state index in [1.807, 2.05) is 0 Å². The van der Waals surface area contributed by atoms with Crippen molar-refractivity contribution in [1.82, 2.24) is 0 Å². The van der Waals surface area contributed by atoms with Crippen LogP contribution < -0.4 is 45.7 Å². The lowest BCUT2D eigenvalue weighted by molar-refractivity contribution is -0.685. The fraction of sp³-hybridized carbons (Fsp3) is 0.171. The van der Waals surface area contributed by atoms with Gasteiger partial charge in [0, 0.05) is 149 Å². The lowest BCUT2D eigenvalue weighted by Crippen LogP contribution is -2.39. The Morgan fingerprint density at radius 1 is 0.153 bits per heavy atom. The van der Waals surface area contributed by atoms with Gasteiger partial charge in [-0.15, -0.1) is 0 Å². The SMILES string of the molecule is Cc1ccc(-c2ccc(-c3ccccc3)cc2)cc1-c1cccc(-c2cccc[n+]2C)[n+]1C.Cc1ccc(-c2ccc(C)c(-c3cccc(-c4cccc[n+]4C)[n+]3C)c2)c(C)c1.Cc1ccc(-c2ccc(C)c(-c3cccc(-c4cccc[n+]4C)[n+]3C)c2)cc1.Cc1ccc(-c2ccc(C3CCCCC3)cc2)cc1-c1cccc(-c2cccc[n+]2C)[n+]1C.Cc1ccc(-c2ccccc2)cc1-c1cccc(-c2cccc[n+]2C)[n+]1C. The Bertz CT molecular complexity index is 8410. The van der Waals surface area contributed by atoms with Gasteiger partial charge in [0.25, 0.3) is 56.9 Å². The molecule has 1 aliphatic rings. The quantitative estimate of drug-likeness (QED) is 0.0815. The van der Waals surface area contributed by atoms with Crippen molar-refractivity contribution in [3.63, 3.8) is 0 Å². The Hall–Kier alpha value is -17.1. The summed E-state index contributed by atoms with van der Waals surface area (Å²) in [6.07, 6.45) is 17.3. The van der Waals surface area contributed by atoms with Gasteiger partial charge >= 0.3 is 0 Å². The first-order valence-corrected chi connectivity index (χ1v) is 52.6. The molecule has 11 aromatic carbocycles. The number of aromatic nitrogens is 10. The second-order valence-electron chi connectivity index (χ2n) is 40.4. The molecule has 21 aromatic rings. The van der Waals surface area contributed by atoms with Crippen LogP contribution in [0.2, 0.25) is 0 Å². The zero-order valence-corrected chi connectivity index (χ0v) is 90.4. The van der Waals surface area contributed by atoms with E-state index in [0.29, 0.717) is 0 Å². The normalized spacial score (nSPS) is 11.6. The summed E-state index contributed by atoms with van der Waals surface area (Å²) in [6.45, 7) is 17.4. The molecular formula is C140H140N10+10. The molecule has 10 nitrogen and oxygen atoms in total. The van der Waals surface area contributed by atoms with E-state index in [1.54, 1.807) is 0 Å². The van der Waals surface area contributed by atoms with Crippen LogP contribution in [0, 0.1) is 55.4 Å². The molecule has 150 heavy (non-hydrogen) atoms. The maximum atomic E-state index is 2.36. The van der Waals surface area contributed by atoms with E-state index in [1.165, 1.54) is 262 Å². The number of rotatable bonds is 17. The minimum atomic E-state index is 0.752. The Kier molecular flexibility index (Phi) is 32.4. The van der Waals surface area contributed by atoms with Gasteiger partial charge in [-0.3, -0.25) is 0 Å². The molecule has 0 unspecified atom stereocenters. The number of benzene rings is 11. The van der Waals surface area contributed by atoms with Gasteiger partial charge in [0.15, 0.2) is 31.0 Å². The maximum Gasteiger partial charge on any atom is 0.277 e. The average molecular weight is 1960 g/mol. The van der Waals surface area contributed by atoms with Crippen molar-refractivity contribution in [1.29, 1.82) is 0 Å². The second kappa shape index (κ2) is 47.2. The van der Waals surface area contributed by atoms with Crippen molar-refractivity contribution in [2.75, 3.05) is 0 Å². The number of hydrogen-bond donors (Lipinski definition) is 0. The topological polar surface area (TPSA) is 38.8 Å². The second-order valence-corrected chi connectivity index (χ2v) is 40.4. The average Bonchev–Trinajstić information content (AvgIpc) is 0.794. The fourth-order valence-electron chi connectivity index (χ4n) is 21.3. The maximum absolute atomic E-state index is 2.36. The van der Waals surface area contributed by atoms with E-state index in [4.69, 9.17) is 0 Å². The first-order valence-electron chi connectivity index (χ1n) is 52.6. The van der Waals surface area contributed by atoms with Gasteiger partial charge in [0.1, 0.15) is 70.5 Å². The van der Waals surface area contributed by atoms with Crippen molar-refractivity contribution in [2.24, 2.45) is 70.5 Å². The van der Waals surface area contributed by atoms with Crippen LogP contribution in [0.15, 0.2) is 456 Å². The zero-order valence-electron chi connectivity index (χ0n) is 90.4. The van der Waals surface area contributed by atoms with Crippen LogP contribution in [0.3, 0.4) is 0 Å². The van der Waals surface area contributed by atoms with Crippen LogP contribution in [-0.2, 0) is 70.5 Å². The van der Waals surface area contributed by atoms with E-state index < -0.39 is 0 Å². The minimum Gasteiger partial charge on any atom is -0.196 e. The molecular weight excluding hydrogens is 1820 g/mol. The first-order chi connectivity index (χ1) is 72.9. The third-order valence-electron chi connectivity index (χ3n) is 30.1. The van der Waals surface area contributed by atoms with Crippen LogP contribution in [0.4, 0.5) is 0 Å². The summed E-state index contributed by atoms with van der Waals surface area (Å²) >= 11 is 0. The molecule has 1 saturated carbocycles. The standard InChI is InChI=1S/C31H34N2.C31H28N2.C27H28N2.C26H26N2.C25H24N2/c2*1-23-15-16-27(26-19-17-25(18-20-26)24-10-5-4-6-11-24)22-28(23)29-13-9-14-31(33(29)3)30-12-7-8-21-32(30)2;1-19-12-15-23(21(3)17-19)22-14-13-20(2)24(18-22)25-10-8-11-27(29(25)5)26-9-6-7-16-28(26)4;1-19-11-14-21(15-12-19)22-16-13-20(2)23(18-22)24-9-7-10-26(28(24)4)25-8-5-6-17-27(25)3;1-19-15-16-21(20-10-5-4-6-11-20)18-22(19)23-13-9-14-25(27(23)3)24-12-7-8-17-26(24)2/h7-9,12-22,24H,4-6,10-11H2,1-3H3;4-22H,1-3H3;6-18H,1-5H3;5-18H,1-4H3;4-18H,1-3H3/q5*+2. The number of aryl methyl sites for hydroxylation is 13. The van der Waals surface area contributed by atoms with Gasteiger partial charge < -0.3 is 0 Å². The molecule has 22 rings (SSSR count). The van der Waals surface area contributed by atoms with Crippen LogP contribution in [0.1, 0.15) is 88.1 Å². The Labute approximate surface area is 889 Å². The summed E-state index contributed by atoms with van der Waals surface area (Å²) in [5, 5.41) is 0. The summed E-state index contributed by atoms with van der Waals surface area (Å²) in [6, 6.07) is 153. The highest BCUT2D eigenvalue weighted by Gasteiger charge is 2.31. The molecule has 10 aromatic heterocycles. The Balaban J connectivity index is 0.000000123. The van der Waals surface area contributed by atoms with E-state index in [0.717, 1.165) is 5.92 Å². The summed E-state index contributed by atoms with van der Waals surface area (Å²) in [7, 11) is 21.2. The molecule has 0 amide bonds. The van der Waals surface area contributed by atoms with Gasteiger partial charge in [-0.2, -0.15) is 45.7 Å². The molecule has 1 fully saturated rings. The Morgan fingerprint density at radius 2 is 0.373 bits per heavy atom. The van der Waals surface area contributed by atoms with Crippen molar-refractivity contribution in [3.8, 4) is 180 Å². The largest absolute Gasteiger partial charge is 0.277 e. The minimum absolute atomic E-state index is 0.752. The Morgan fingerprint density at radius 3 is 0.660 bits per heavy atom. The molecule has 0 bridgehead atoms. The highest BCUT2D eigenvalue weighted by Crippen LogP contribution is 2.39. The van der Waals surface area contributed by atoms with Crippen LogP contribution in [0.5, 0.6) is 0 Å². The molecule has 0 atom stereocenters. The molecule has 10 heteroatoms. The van der Waals surface area contributed by atoms with Crippen molar-refractivity contribution >= 4 is 0 Å². The van der Waals surface area contributed by atoms with E-state index in [-0.39, 0.29) is 0 Å². The molecule has 740 valence electrons. The van der Waals surface area contributed by atoms with Gasteiger partial charge in [-0.05, 0) is 271 Å². The molecule has 10 heterocycles. The third kappa shape index (κ3) is 23.3. The van der Waals surface area contributed by atoms with Gasteiger partial charge in [0.2, 0.25) is 28.5 Å². The molecule has 0 aliphatic heterocycles. The summed E-state index contributed by atoms with van der Waals surface area (Å²) < 4.78 is 22.3. The first kappa shape index (κ1) is 103. The van der Waals surface area contributed by atoms with Crippen molar-refractivity contribution in [3.05, 3.63) is 506 Å². The number of nitrogens with zero attached hydrogens (tertiary/aromatic N) is 10. The van der Waals surface area contributed by atoms with Crippen LogP contribution >= 0.6 is 0 Å². The lowest BCUT2D eigenvalue weighted by Gasteiger charge is -2.22. The van der Waals surface area contributed by atoms with Gasteiger partial charge in [-0.25, -0.2) is 0 Å². The zero-order chi connectivity index (χ0) is 105. The highest BCUT2D eigenvalue weighted by atomic mass is 15.0. The van der Waals surface area contributed by atoms with E-state index in [9.17, 15) is 0 Å². The van der Waals surface area contributed by atoms with E-state index in [2.05, 4.69) is 627 Å². The smallest absolute Gasteiger partial charge is 0.196 e. The predicted molar refractivity (Wildman–Crippen MR) is 615 cm³/mol. The molecule has 0 radical (unpaired) electrons. The molecule has 0 spiro atoms. The highest BCUT2D eigenvalue weighted by molar-refractivity contribution is 5.81. The van der Waals surface area contributed by atoms with Crippen LogP contribution in [-0.4, -0.2) is 0 Å². The third-order valence-corrected chi connectivity index (χ3v) is 30.1. The number of pyridine rings is 10. The summed E-state index contributed by atoms with van der Waals surface area (Å²) in [4.78, 5) is 0. The predicted octanol–water partition coefficient (Wildman–Crippen LogP) is 27.9. The summed E-state index contributed by atoms with van der Waals surface area (Å²) in [5.74, 6) is 0.752. The van der Waals surface area contributed by atoms with E-state index >= 15 is 0 Å². The fourth-order valence-corrected chi connectivity index (χ4v) is 21.3. The van der Waals surface area contributed by atoms with Gasteiger partial charge in [0.05, 0.1) is 0 Å². The molecule has 1 aliphatic carbocycles. The van der Waals surface area contributed by atoms with Gasteiger partial charge in [-0.1, -0.05) is 243 Å². The molecule has 0 saturated heterocycles. The number of hydrogen-bond acceptors (Lipinski definition) is 0. The summed E-state index contributed by atoms with van der Waals surface area (Å²) in [5.41, 5.74) is 51.2. The lowest BCUT2D eigenvalue weighted by atomic mass is 9.83.